The Hall–Kier alpha value is -2.98. The van der Waals surface area contributed by atoms with E-state index in [0.29, 0.717) is 12.4 Å². The molecule has 1 saturated heterocycles. The minimum atomic E-state index is -3.71. The topological polar surface area (TPSA) is 96.0 Å². The molecule has 1 unspecified atom stereocenters. The predicted molar refractivity (Wildman–Crippen MR) is 125 cm³/mol. The maximum atomic E-state index is 14.0. The third kappa shape index (κ3) is 5.74. The van der Waals surface area contributed by atoms with Crippen molar-refractivity contribution >= 4 is 21.8 Å². The van der Waals surface area contributed by atoms with Crippen molar-refractivity contribution in [3.8, 4) is 5.75 Å². The lowest BCUT2D eigenvalue weighted by Crippen LogP contribution is -2.57. The van der Waals surface area contributed by atoms with Crippen molar-refractivity contribution in [3.05, 3.63) is 59.9 Å². The zero-order chi connectivity index (χ0) is 24.9. The molecule has 1 N–H and O–H groups in total. The molecule has 1 fully saturated rings. The maximum absolute atomic E-state index is 14.0. The Kier molecular flexibility index (Phi) is 8.27. The Bertz CT molecular complexity index is 1110. The summed E-state index contributed by atoms with van der Waals surface area (Å²) in [6.07, 6.45) is 0. The van der Waals surface area contributed by atoms with Crippen LogP contribution in [0.5, 0.6) is 5.75 Å². The van der Waals surface area contributed by atoms with Crippen LogP contribution in [0.1, 0.15) is 31.1 Å². The molecule has 0 spiro atoms. The van der Waals surface area contributed by atoms with E-state index in [1.807, 2.05) is 6.92 Å². The van der Waals surface area contributed by atoms with Crippen LogP contribution in [-0.2, 0) is 14.8 Å². The Balaban J connectivity index is 1.65. The third-order valence-corrected chi connectivity index (χ3v) is 7.57. The van der Waals surface area contributed by atoms with Crippen molar-refractivity contribution in [1.29, 1.82) is 0 Å². The molecule has 2 aromatic rings. The van der Waals surface area contributed by atoms with Crippen molar-refractivity contribution in [2.24, 2.45) is 5.92 Å². The van der Waals surface area contributed by atoms with Gasteiger partial charge in [-0.2, -0.15) is 4.31 Å². The van der Waals surface area contributed by atoms with Crippen molar-refractivity contribution in [3.63, 3.8) is 0 Å². The minimum Gasteiger partial charge on any atom is -0.494 e. The zero-order valence-corrected chi connectivity index (χ0v) is 20.3. The number of hydrogen-bond acceptors (Lipinski definition) is 5. The molecule has 10 heteroatoms. The molecular weight excluding hydrogens is 461 g/mol. The first-order valence-corrected chi connectivity index (χ1v) is 12.7. The lowest BCUT2D eigenvalue weighted by molar-refractivity contribution is -0.135. The third-order valence-electron chi connectivity index (χ3n) is 5.66. The smallest absolute Gasteiger partial charge is 0.254 e. The number of halogens is 1. The largest absolute Gasteiger partial charge is 0.494 e. The highest BCUT2D eigenvalue weighted by molar-refractivity contribution is 7.89. The predicted octanol–water partition coefficient (Wildman–Crippen LogP) is 2.51. The highest BCUT2D eigenvalue weighted by Gasteiger charge is 2.34. The minimum absolute atomic E-state index is 0.132. The Morgan fingerprint density at radius 2 is 1.65 bits per heavy atom. The van der Waals surface area contributed by atoms with Gasteiger partial charge in [0.1, 0.15) is 17.6 Å². The van der Waals surface area contributed by atoms with Gasteiger partial charge in [-0.3, -0.25) is 9.59 Å². The van der Waals surface area contributed by atoms with Crippen molar-refractivity contribution < 1.29 is 27.1 Å². The molecule has 184 valence electrons. The molecule has 1 atom stereocenters. The molecule has 8 nitrogen and oxygen atoms in total. The summed E-state index contributed by atoms with van der Waals surface area (Å²) in [4.78, 5) is 27.4. The summed E-state index contributed by atoms with van der Waals surface area (Å²) in [6.45, 7) is 6.55. The van der Waals surface area contributed by atoms with Crippen LogP contribution in [0.2, 0.25) is 0 Å². The molecule has 0 saturated carbocycles. The van der Waals surface area contributed by atoms with E-state index in [1.54, 1.807) is 32.0 Å². The fraction of sp³-hybridized carbons (Fsp3) is 0.417. The Morgan fingerprint density at radius 3 is 2.21 bits per heavy atom. The van der Waals surface area contributed by atoms with E-state index in [4.69, 9.17) is 4.74 Å². The Labute approximate surface area is 199 Å². The summed E-state index contributed by atoms with van der Waals surface area (Å²) in [7, 11) is -3.71. The summed E-state index contributed by atoms with van der Waals surface area (Å²) < 4.78 is 46.7. The van der Waals surface area contributed by atoms with Gasteiger partial charge in [0.2, 0.25) is 15.9 Å². The van der Waals surface area contributed by atoms with Gasteiger partial charge < -0.3 is 15.0 Å². The van der Waals surface area contributed by atoms with E-state index < -0.39 is 27.8 Å². The highest BCUT2D eigenvalue weighted by Crippen LogP contribution is 2.21. The number of amides is 2. The molecule has 0 aliphatic carbocycles. The fourth-order valence-electron chi connectivity index (χ4n) is 3.75. The van der Waals surface area contributed by atoms with Crippen LogP contribution in [-0.4, -0.2) is 68.3 Å². The number of piperazine rings is 1. The maximum Gasteiger partial charge on any atom is 0.254 e. The lowest BCUT2D eigenvalue weighted by Gasteiger charge is -2.36. The number of carbonyl (C=O) groups excluding carboxylic acids is 2. The normalized spacial score (nSPS) is 15.7. The molecule has 1 aliphatic rings. The van der Waals surface area contributed by atoms with Gasteiger partial charge in [-0.1, -0.05) is 26.0 Å². The van der Waals surface area contributed by atoms with E-state index in [1.165, 1.54) is 39.5 Å². The average molecular weight is 492 g/mol. The number of nitrogens with zero attached hydrogens (tertiary/aromatic N) is 2. The van der Waals surface area contributed by atoms with Gasteiger partial charge in [0.25, 0.3) is 5.91 Å². The van der Waals surface area contributed by atoms with Gasteiger partial charge >= 0.3 is 0 Å². The number of carbonyl (C=O) groups is 2. The first-order chi connectivity index (χ1) is 16.1. The van der Waals surface area contributed by atoms with E-state index >= 15 is 0 Å². The molecule has 2 amide bonds. The summed E-state index contributed by atoms with van der Waals surface area (Å²) in [5, 5.41) is 2.64. The van der Waals surface area contributed by atoms with Gasteiger partial charge in [0.15, 0.2) is 0 Å². The van der Waals surface area contributed by atoms with Gasteiger partial charge in [-0.15, -0.1) is 0 Å². The van der Waals surface area contributed by atoms with E-state index in [2.05, 4.69) is 5.32 Å². The number of hydrogen-bond donors (Lipinski definition) is 1. The van der Waals surface area contributed by atoms with Gasteiger partial charge in [-0.05, 0) is 49.2 Å². The molecule has 1 heterocycles. The second-order valence-corrected chi connectivity index (χ2v) is 10.2. The molecule has 0 radical (unpaired) electrons. The van der Waals surface area contributed by atoms with Crippen LogP contribution in [0, 0.1) is 11.7 Å². The van der Waals surface area contributed by atoms with Crippen LogP contribution in [0.25, 0.3) is 0 Å². The molecule has 0 bridgehead atoms. The summed E-state index contributed by atoms with van der Waals surface area (Å²) in [5.74, 6) is -1.30. The standard InChI is InChI=1S/C24H30FN3O5S/c1-4-33-18-9-11-19(12-10-18)34(31,32)28-15-13-27(14-16-28)24(30)22(17(2)3)26-23(29)20-7-5-6-8-21(20)25/h5-12,17,22H,4,13-16H2,1-3H3,(H,26,29). The zero-order valence-electron chi connectivity index (χ0n) is 19.5. The fourth-order valence-corrected chi connectivity index (χ4v) is 5.17. The van der Waals surface area contributed by atoms with Crippen LogP contribution >= 0.6 is 0 Å². The van der Waals surface area contributed by atoms with E-state index in [9.17, 15) is 22.4 Å². The second-order valence-electron chi connectivity index (χ2n) is 8.31. The number of ether oxygens (including phenoxy) is 1. The molecule has 34 heavy (non-hydrogen) atoms. The van der Waals surface area contributed by atoms with E-state index in [0.717, 1.165) is 0 Å². The SMILES string of the molecule is CCOc1ccc(S(=O)(=O)N2CCN(C(=O)C(NC(=O)c3ccccc3F)C(C)C)CC2)cc1. The summed E-state index contributed by atoms with van der Waals surface area (Å²) >= 11 is 0. The van der Waals surface area contributed by atoms with Gasteiger partial charge in [0.05, 0.1) is 17.1 Å². The molecule has 0 aromatic heterocycles. The van der Waals surface area contributed by atoms with Crippen molar-refractivity contribution in [1.82, 2.24) is 14.5 Å². The van der Waals surface area contributed by atoms with Crippen LogP contribution in [0.4, 0.5) is 4.39 Å². The second kappa shape index (κ2) is 11.0. The monoisotopic (exact) mass is 491 g/mol. The number of sulfonamides is 1. The van der Waals surface area contributed by atoms with Crippen LogP contribution in [0.15, 0.2) is 53.4 Å². The summed E-state index contributed by atoms with van der Waals surface area (Å²) in [5.41, 5.74) is -0.132. The summed E-state index contributed by atoms with van der Waals surface area (Å²) in [6, 6.07) is 11.0. The van der Waals surface area contributed by atoms with Crippen molar-refractivity contribution in [2.75, 3.05) is 32.8 Å². The Morgan fingerprint density at radius 1 is 1.03 bits per heavy atom. The van der Waals surface area contributed by atoms with Crippen LogP contribution in [0.3, 0.4) is 0 Å². The van der Waals surface area contributed by atoms with Crippen molar-refractivity contribution in [2.45, 2.75) is 31.7 Å². The van der Waals surface area contributed by atoms with Gasteiger partial charge in [0, 0.05) is 26.2 Å². The van der Waals surface area contributed by atoms with Crippen LogP contribution < -0.4 is 10.1 Å². The molecular formula is C24H30FN3O5S. The average Bonchev–Trinajstić information content (AvgIpc) is 2.82. The van der Waals surface area contributed by atoms with E-state index in [-0.39, 0.29) is 48.5 Å². The lowest BCUT2D eigenvalue weighted by atomic mass is 10.0. The number of nitrogens with one attached hydrogen (secondary N) is 1. The molecule has 3 rings (SSSR count). The highest BCUT2D eigenvalue weighted by atomic mass is 32.2. The molecule has 2 aromatic carbocycles. The molecule has 1 aliphatic heterocycles. The number of benzene rings is 2. The first-order valence-electron chi connectivity index (χ1n) is 11.2. The first kappa shape index (κ1) is 25.6. The van der Waals surface area contributed by atoms with Gasteiger partial charge in [-0.25, -0.2) is 12.8 Å². The quantitative estimate of drug-likeness (QED) is 0.612. The number of rotatable bonds is 8.